The molecule has 7 nitrogen and oxygen atoms in total. The van der Waals surface area contributed by atoms with Crippen LogP contribution in [0.1, 0.15) is 25.7 Å². The zero-order valence-electron chi connectivity index (χ0n) is 18.4. The molecular weight excluding hydrogens is 446 g/mol. The Morgan fingerprint density at radius 1 is 1.09 bits per heavy atom. The van der Waals surface area contributed by atoms with Crippen LogP contribution in [0.2, 0.25) is 0 Å². The molecule has 9 heteroatoms. The molecule has 2 fully saturated rings. The molecule has 0 atom stereocenters. The molecule has 1 aromatic carbocycles. The molecule has 1 amide bonds. The number of carbonyl (C=O) groups is 1. The third-order valence-electron chi connectivity index (χ3n) is 6.53. The van der Waals surface area contributed by atoms with E-state index in [9.17, 15) is 13.2 Å². The Morgan fingerprint density at radius 2 is 1.84 bits per heavy atom. The van der Waals surface area contributed by atoms with Gasteiger partial charge in [0.1, 0.15) is 9.96 Å². The largest absolute Gasteiger partial charge is 0.497 e. The number of hydrogen-bond acceptors (Lipinski definition) is 6. The number of sulfonamides is 1. The summed E-state index contributed by atoms with van der Waals surface area (Å²) in [6.45, 7) is 3.55. The topological polar surface area (TPSA) is 79.0 Å². The van der Waals surface area contributed by atoms with E-state index in [1.165, 1.54) is 11.3 Å². The molecule has 0 radical (unpaired) electrons. The van der Waals surface area contributed by atoms with E-state index >= 15 is 0 Å². The Kier molecular flexibility index (Phi) is 7.37. The molecular formula is C23H31N3O4S2. The zero-order chi connectivity index (χ0) is 22.6. The van der Waals surface area contributed by atoms with E-state index < -0.39 is 10.0 Å². The number of nitrogens with one attached hydrogen (secondary N) is 1. The van der Waals surface area contributed by atoms with Gasteiger partial charge in [0.25, 0.3) is 0 Å². The fourth-order valence-electron chi connectivity index (χ4n) is 4.58. The second-order valence-corrected chi connectivity index (χ2v) is 11.5. The van der Waals surface area contributed by atoms with Gasteiger partial charge in [0.15, 0.2) is 0 Å². The number of anilines is 1. The molecule has 1 aromatic heterocycles. The molecule has 1 aliphatic heterocycles. The molecule has 1 N–H and O–H groups in total. The van der Waals surface area contributed by atoms with E-state index in [1.807, 2.05) is 23.1 Å². The lowest BCUT2D eigenvalue weighted by molar-refractivity contribution is -0.137. The van der Waals surface area contributed by atoms with Crippen LogP contribution in [0.25, 0.3) is 0 Å². The minimum atomic E-state index is -3.42. The molecule has 4 rings (SSSR count). The number of rotatable bonds is 7. The van der Waals surface area contributed by atoms with Crippen molar-refractivity contribution < 1.29 is 17.9 Å². The first-order valence-electron chi connectivity index (χ1n) is 11.2. The van der Waals surface area contributed by atoms with Crippen LogP contribution in [-0.4, -0.2) is 59.1 Å². The Hall–Kier alpha value is -2.10. The number of methoxy groups -OCH3 is 1. The molecule has 0 bridgehead atoms. The predicted molar refractivity (Wildman–Crippen MR) is 127 cm³/mol. The van der Waals surface area contributed by atoms with Crippen LogP contribution in [0.4, 0.5) is 5.69 Å². The van der Waals surface area contributed by atoms with Gasteiger partial charge in [-0.05, 0) is 55.2 Å². The third kappa shape index (κ3) is 5.44. The van der Waals surface area contributed by atoms with Crippen molar-refractivity contribution in [1.82, 2.24) is 9.62 Å². The summed E-state index contributed by atoms with van der Waals surface area (Å²) in [7, 11) is -1.75. The summed E-state index contributed by atoms with van der Waals surface area (Å²) in [6, 6.07) is 11.4. The molecule has 1 saturated carbocycles. The van der Waals surface area contributed by atoms with Gasteiger partial charge in [0, 0.05) is 50.4 Å². The summed E-state index contributed by atoms with van der Waals surface area (Å²) in [5, 5.41) is 1.77. The molecule has 0 spiro atoms. The van der Waals surface area contributed by atoms with E-state index in [4.69, 9.17) is 4.74 Å². The van der Waals surface area contributed by atoms with E-state index in [0.29, 0.717) is 16.7 Å². The van der Waals surface area contributed by atoms with Gasteiger partial charge in [-0.2, -0.15) is 0 Å². The first-order valence-corrected chi connectivity index (χ1v) is 13.5. The monoisotopic (exact) mass is 477 g/mol. The molecule has 1 saturated heterocycles. The number of nitrogens with zero attached hydrogens (tertiary/aromatic N) is 2. The molecule has 2 heterocycles. The van der Waals surface area contributed by atoms with Gasteiger partial charge in [-0.1, -0.05) is 12.1 Å². The Morgan fingerprint density at radius 3 is 2.50 bits per heavy atom. The van der Waals surface area contributed by atoms with E-state index in [2.05, 4.69) is 15.7 Å². The number of thiophene rings is 1. The first-order chi connectivity index (χ1) is 15.5. The Labute approximate surface area is 194 Å². The first kappa shape index (κ1) is 23.1. The minimum Gasteiger partial charge on any atom is -0.497 e. The van der Waals surface area contributed by atoms with E-state index in [0.717, 1.165) is 63.3 Å². The third-order valence-corrected chi connectivity index (χ3v) is 9.35. The number of ether oxygens (including phenoxy) is 1. The zero-order valence-corrected chi connectivity index (χ0v) is 20.0. The normalized spacial score (nSPS) is 22.0. The standard InChI is InChI=1S/C23H31N3O4S2/c1-30-21-5-2-4-20(16-21)25-11-13-26(14-12-25)23(27)19-9-7-18(8-10-19)17-24-32(28,29)22-6-3-15-31-22/h2-6,15-16,18-19,24H,7-14,17H2,1H3. The van der Waals surface area contributed by atoms with Crippen molar-refractivity contribution in [2.45, 2.75) is 29.9 Å². The van der Waals surface area contributed by atoms with Crippen LogP contribution < -0.4 is 14.4 Å². The quantitative estimate of drug-likeness (QED) is 0.663. The van der Waals surface area contributed by atoms with Gasteiger partial charge < -0.3 is 14.5 Å². The summed E-state index contributed by atoms with van der Waals surface area (Å²) >= 11 is 1.23. The van der Waals surface area contributed by atoms with Gasteiger partial charge in [0.05, 0.1) is 7.11 Å². The van der Waals surface area contributed by atoms with E-state index in [1.54, 1.807) is 24.6 Å². The number of benzene rings is 1. The smallest absolute Gasteiger partial charge is 0.250 e. The summed E-state index contributed by atoms with van der Waals surface area (Å²) in [4.78, 5) is 17.3. The number of hydrogen-bond donors (Lipinski definition) is 1. The summed E-state index contributed by atoms with van der Waals surface area (Å²) in [5.74, 6) is 1.45. The van der Waals surface area contributed by atoms with Crippen LogP contribution in [-0.2, 0) is 14.8 Å². The van der Waals surface area contributed by atoms with Crippen LogP contribution >= 0.6 is 11.3 Å². The van der Waals surface area contributed by atoms with Crippen LogP contribution in [0.5, 0.6) is 5.75 Å². The summed E-state index contributed by atoms with van der Waals surface area (Å²) < 4.78 is 33.0. The lowest BCUT2D eigenvalue weighted by Crippen LogP contribution is -2.50. The second kappa shape index (κ2) is 10.2. The maximum absolute atomic E-state index is 13.1. The number of carbonyl (C=O) groups excluding carboxylic acids is 1. The van der Waals surface area contributed by atoms with Crippen molar-refractivity contribution in [2.75, 3.05) is 44.7 Å². The fraction of sp³-hybridized carbons (Fsp3) is 0.522. The van der Waals surface area contributed by atoms with E-state index in [-0.39, 0.29) is 11.8 Å². The van der Waals surface area contributed by atoms with Gasteiger partial charge >= 0.3 is 0 Å². The van der Waals surface area contributed by atoms with Crippen molar-refractivity contribution in [3.63, 3.8) is 0 Å². The van der Waals surface area contributed by atoms with Crippen LogP contribution in [0, 0.1) is 11.8 Å². The van der Waals surface area contributed by atoms with Crippen LogP contribution in [0.15, 0.2) is 46.0 Å². The van der Waals surface area contributed by atoms with Crippen molar-refractivity contribution >= 4 is 33.0 Å². The number of amides is 1. The lowest BCUT2D eigenvalue weighted by atomic mass is 9.81. The predicted octanol–water partition coefficient (Wildman–Crippen LogP) is 3.19. The van der Waals surface area contributed by atoms with Gasteiger partial charge in [-0.3, -0.25) is 4.79 Å². The molecule has 1 aliphatic carbocycles. The fourth-order valence-corrected chi connectivity index (χ4v) is 6.73. The Balaban J connectivity index is 1.22. The van der Waals surface area contributed by atoms with Crippen molar-refractivity contribution in [3.8, 4) is 5.75 Å². The Bertz CT molecular complexity index is 994. The molecule has 0 unspecified atom stereocenters. The average Bonchev–Trinajstić information content (AvgIpc) is 3.39. The highest BCUT2D eigenvalue weighted by molar-refractivity contribution is 7.91. The summed E-state index contributed by atoms with van der Waals surface area (Å²) in [5.41, 5.74) is 1.13. The average molecular weight is 478 g/mol. The minimum absolute atomic E-state index is 0.0588. The highest BCUT2D eigenvalue weighted by atomic mass is 32.2. The van der Waals surface area contributed by atoms with Crippen molar-refractivity contribution in [2.24, 2.45) is 11.8 Å². The van der Waals surface area contributed by atoms with Gasteiger partial charge in [-0.25, -0.2) is 13.1 Å². The van der Waals surface area contributed by atoms with Crippen LogP contribution in [0.3, 0.4) is 0 Å². The molecule has 2 aromatic rings. The highest BCUT2D eigenvalue weighted by Crippen LogP contribution is 2.31. The SMILES string of the molecule is COc1cccc(N2CCN(C(=O)C3CCC(CNS(=O)(=O)c4cccs4)CC3)CC2)c1. The molecule has 174 valence electrons. The second-order valence-electron chi connectivity index (χ2n) is 8.52. The lowest BCUT2D eigenvalue weighted by Gasteiger charge is -2.39. The number of piperazine rings is 1. The van der Waals surface area contributed by atoms with Gasteiger partial charge in [-0.15, -0.1) is 11.3 Å². The summed E-state index contributed by atoms with van der Waals surface area (Å²) in [6.07, 6.45) is 3.43. The molecule has 32 heavy (non-hydrogen) atoms. The van der Waals surface area contributed by atoms with Gasteiger partial charge in [0.2, 0.25) is 15.9 Å². The van der Waals surface area contributed by atoms with Crippen molar-refractivity contribution in [1.29, 1.82) is 0 Å². The maximum Gasteiger partial charge on any atom is 0.250 e. The van der Waals surface area contributed by atoms with Crippen molar-refractivity contribution in [3.05, 3.63) is 41.8 Å². The highest BCUT2D eigenvalue weighted by Gasteiger charge is 2.31. The molecule has 2 aliphatic rings. The maximum atomic E-state index is 13.1.